The molecule has 0 aliphatic rings. The Bertz CT molecular complexity index is 85.1. The number of hydrogen-bond acceptors (Lipinski definition) is 3. The minimum Gasteiger partial charge on any atom is -0.383 e. The lowest BCUT2D eigenvalue weighted by atomic mass is 10.5. The lowest BCUT2D eigenvalue weighted by Gasteiger charge is -2.19. The van der Waals surface area contributed by atoms with Crippen molar-refractivity contribution in [3.8, 4) is 0 Å². The van der Waals surface area contributed by atoms with Gasteiger partial charge >= 0.3 is 0 Å². The molecule has 12 heavy (non-hydrogen) atoms. The minimum absolute atomic E-state index is 0.806. The van der Waals surface area contributed by atoms with Crippen molar-refractivity contribution >= 4 is 22.6 Å². The summed E-state index contributed by atoms with van der Waals surface area (Å²) in [6.45, 7) is 4.74. The SMILES string of the molecule is COCCN(CCI)CCOC. The Morgan fingerprint density at radius 1 is 1.00 bits per heavy atom. The molecule has 0 bridgehead atoms. The first-order valence-corrected chi connectivity index (χ1v) is 5.64. The molecule has 0 aromatic rings. The van der Waals surface area contributed by atoms with Crippen LogP contribution in [-0.4, -0.2) is 56.4 Å². The summed E-state index contributed by atoms with van der Waals surface area (Å²) < 4.78 is 11.2. The van der Waals surface area contributed by atoms with Crippen molar-refractivity contribution in [2.75, 3.05) is 51.5 Å². The largest absolute Gasteiger partial charge is 0.383 e. The van der Waals surface area contributed by atoms with Crippen molar-refractivity contribution in [1.82, 2.24) is 4.90 Å². The van der Waals surface area contributed by atoms with E-state index in [9.17, 15) is 0 Å². The van der Waals surface area contributed by atoms with Gasteiger partial charge in [-0.25, -0.2) is 0 Å². The molecule has 4 heteroatoms. The normalized spacial score (nSPS) is 11.0. The average molecular weight is 287 g/mol. The van der Waals surface area contributed by atoms with Crippen molar-refractivity contribution in [3.63, 3.8) is 0 Å². The van der Waals surface area contributed by atoms with E-state index >= 15 is 0 Å². The molecule has 0 N–H and O–H groups in total. The molecule has 0 aliphatic carbocycles. The third kappa shape index (κ3) is 7.27. The third-order valence-electron chi connectivity index (χ3n) is 1.62. The Balaban J connectivity index is 3.40. The van der Waals surface area contributed by atoms with Crippen molar-refractivity contribution in [2.45, 2.75) is 0 Å². The fourth-order valence-corrected chi connectivity index (χ4v) is 1.58. The highest BCUT2D eigenvalue weighted by Gasteiger charge is 2.01. The minimum atomic E-state index is 0.806. The Labute approximate surface area is 88.5 Å². The smallest absolute Gasteiger partial charge is 0.0589 e. The van der Waals surface area contributed by atoms with E-state index in [0.29, 0.717) is 0 Å². The van der Waals surface area contributed by atoms with Crippen molar-refractivity contribution in [1.29, 1.82) is 0 Å². The van der Waals surface area contributed by atoms with Gasteiger partial charge in [0.1, 0.15) is 0 Å². The summed E-state index contributed by atoms with van der Waals surface area (Å²) in [6, 6.07) is 0. The van der Waals surface area contributed by atoms with Gasteiger partial charge in [0.25, 0.3) is 0 Å². The van der Waals surface area contributed by atoms with E-state index in [1.54, 1.807) is 14.2 Å². The lowest BCUT2D eigenvalue weighted by Crippen LogP contribution is -2.32. The van der Waals surface area contributed by atoms with Gasteiger partial charge in [0.2, 0.25) is 0 Å². The lowest BCUT2D eigenvalue weighted by molar-refractivity contribution is 0.118. The molecule has 0 saturated carbocycles. The van der Waals surface area contributed by atoms with E-state index in [0.717, 1.165) is 37.3 Å². The van der Waals surface area contributed by atoms with E-state index in [1.165, 1.54) is 0 Å². The fourth-order valence-electron chi connectivity index (χ4n) is 0.896. The summed E-state index contributed by atoms with van der Waals surface area (Å²) in [4.78, 5) is 2.35. The number of rotatable bonds is 8. The maximum atomic E-state index is 5.01. The molecule has 0 spiro atoms. The summed E-state index contributed by atoms with van der Waals surface area (Å²) in [5, 5.41) is 0. The van der Waals surface area contributed by atoms with Crippen LogP contribution in [0.1, 0.15) is 0 Å². The van der Waals surface area contributed by atoms with Crippen molar-refractivity contribution in [2.24, 2.45) is 0 Å². The second-order valence-electron chi connectivity index (χ2n) is 2.52. The van der Waals surface area contributed by atoms with E-state index in [-0.39, 0.29) is 0 Å². The molecular weight excluding hydrogens is 269 g/mol. The summed E-state index contributed by atoms with van der Waals surface area (Å²) in [5.74, 6) is 0. The molecule has 0 heterocycles. The molecule has 0 amide bonds. The van der Waals surface area contributed by atoms with E-state index in [4.69, 9.17) is 9.47 Å². The maximum Gasteiger partial charge on any atom is 0.0589 e. The Morgan fingerprint density at radius 3 is 1.83 bits per heavy atom. The second kappa shape index (κ2) is 9.70. The topological polar surface area (TPSA) is 21.7 Å². The average Bonchev–Trinajstić information content (AvgIpc) is 2.10. The Kier molecular flexibility index (Phi) is 10.2. The highest BCUT2D eigenvalue weighted by molar-refractivity contribution is 14.1. The molecule has 0 fully saturated rings. The number of ether oxygens (including phenoxy) is 2. The first-order valence-electron chi connectivity index (χ1n) is 4.11. The van der Waals surface area contributed by atoms with Crippen molar-refractivity contribution < 1.29 is 9.47 Å². The fraction of sp³-hybridized carbons (Fsp3) is 1.00. The van der Waals surface area contributed by atoms with Gasteiger partial charge in [-0.15, -0.1) is 0 Å². The molecule has 0 rings (SSSR count). The number of nitrogens with zero attached hydrogens (tertiary/aromatic N) is 1. The molecule has 74 valence electrons. The predicted molar refractivity (Wildman–Crippen MR) is 59.1 cm³/mol. The van der Waals surface area contributed by atoms with E-state index < -0.39 is 0 Å². The van der Waals surface area contributed by atoms with Crippen LogP contribution in [0.4, 0.5) is 0 Å². The van der Waals surface area contributed by atoms with Crippen molar-refractivity contribution in [3.05, 3.63) is 0 Å². The van der Waals surface area contributed by atoms with Crippen LogP contribution in [-0.2, 0) is 9.47 Å². The predicted octanol–water partition coefficient (Wildman–Crippen LogP) is 1.02. The highest BCUT2D eigenvalue weighted by Crippen LogP contribution is 1.91. The van der Waals surface area contributed by atoms with Crippen LogP contribution in [0.2, 0.25) is 0 Å². The number of methoxy groups -OCH3 is 2. The van der Waals surface area contributed by atoms with Gasteiger partial charge < -0.3 is 9.47 Å². The zero-order chi connectivity index (χ0) is 9.23. The van der Waals surface area contributed by atoms with Gasteiger partial charge in [-0.1, -0.05) is 22.6 Å². The number of alkyl halides is 1. The summed E-state index contributed by atoms with van der Waals surface area (Å²) in [6.07, 6.45) is 0. The van der Waals surface area contributed by atoms with Crippen LogP contribution < -0.4 is 0 Å². The molecule has 0 radical (unpaired) electrons. The third-order valence-corrected chi connectivity index (χ3v) is 2.11. The van der Waals surface area contributed by atoms with Crippen LogP contribution in [0.25, 0.3) is 0 Å². The van der Waals surface area contributed by atoms with Crippen LogP contribution in [0, 0.1) is 0 Å². The molecule has 0 aliphatic heterocycles. The van der Waals surface area contributed by atoms with Crippen LogP contribution in [0.3, 0.4) is 0 Å². The van der Waals surface area contributed by atoms with Crippen LogP contribution in [0.5, 0.6) is 0 Å². The molecular formula is C8H18INO2. The van der Waals surface area contributed by atoms with Gasteiger partial charge in [0.15, 0.2) is 0 Å². The van der Waals surface area contributed by atoms with Gasteiger partial charge in [-0.05, 0) is 0 Å². The molecule has 0 aromatic carbocycles. The Hall–Kier alpha value is 0.610. The van der Waals surface area contributed by atoms with Gasteiger partial charge in [0.05, 0.1) is 13.2 Å². The molecule has 0 atom stereocenters. The zero-order valence-corrected chi connectivity index (χ0v) is 10.0. The van der Waals surface area contributed by atoms with Gasteiger partial charge in [-0.2, -0.15) is 0 Å². The second-order valence-corrected chi connectivity index (χ2v) is 3.59. The quantitative estimate of drug-likeness (QED) is 0.491. The molecule has 0 saturated heterocycles. The van der Waals surface area contributed by atoms with Crippen LogP contribution in [0.15, 0.2) is 0 Å². The van der Waals surface area contributed by atoms with Gasteiger partial charge in [0, 0.05) is 38.3 Å². The maximum absolute atomic E-state index is 5.01. The zero-order valence-electron chi connectivity index (χ0n) is 7.88. The standard InChI is InChI=1S/C8H18INO2/c1-11-7-5-10(4-3-9)6-8-12-2/h3-8H2,1-2H3. The van der Waals surface area contributed by atoms with Gasteiger partial charge in [-0.3, -0.25) is 4.90 Å². The summed E-state index contributed by atoms with van der Waals surface area (Å²) in [7, 11) is 3.47. The highest BCUT2D eigenvalue weighted by atomic mass is 127. The number of halogens is 1. The summed E-state index contributed by atoms with van der Waals surface area (Å²) in [5.41, 5.74) is 0. The van der Waals surface area contributed by atoms with E-state index in [2.05, 4.69) is 27.5 Å². The Morgan fingerprint density at radius 2 is 1.50 bits per heavy atom. The monoisotopic (exact) mass is 287 g/mol. The molecule has 0 unspecified atom stereocenters. The number of hydrogen-bond donors (Lipinski definition) is 0. The first-order chi connectivity index (χ1) is 5.85. The van der Waals surface area contributed by atoms with Crippen LogP contribution >= 0.6 is 22.6 Å². The molecule has 0 aromatic heterocycles. The molecule has 3 nitrogen and oxygen atoms in total. The first kappa shape index (κ1) is 12.6. The van der Waals surface area contributed by atoms with E-state index in [1.807, 2.05) is 0 Å². The summed E-state index contributed by atoms with van der Waals surface area (Å²) >= 11 is 2.38.